The number of nitrogens with zero attached hydrogens (tertiary/aromatic N) is 1. The van der Waals surface area contributed by atoms with Gasteiger partial charge in [0, 0.05) is 25.7 Å². The summed E-state index contributed by atoms with van der Waals surface area (Å²) in [6, 6.07) is 5.52. The molecule has 164 valence electrons. The molecule has 0 amide bonds. The second-order valence-corrected chi connectivity index (χ2v) is 7.42. The first-order valence-corrected chi connectivity index (χ1v) is 9.89. The molecular weight excluding hydrogens is 378 g/mol. The number of carbonyl (C=O) groups excluding carboxylic acids is 1. The number of non-ortho nitro benzene ring substituents is 1. The smallest absolute Gasteiger partial charge is 0.344 e. The first-order chi connectivity index (χ1) is 13.7. The summed E-state index contributed by atoms with van der Waals surface area (Å²) >= 11 is 0. The van der Waals surface area contributed by atoms with Crippen LogP contribution in [0.15, 0.2) is 24.3 Å². The first kappa shape index (κ1) is 24.8. The largest absolute Gasteiger partial charge is 0.482 e. The van der Waals surface area contributed by atoms with Crippen LogP contribution in [0.5, 0.6) is 5.75 Å². The van der Waals surface area contributed by atoms with E-state index < -0.39 is 10.9 Å². The van der Waals surface area contributed by atoms with Crippen LogP contribution in [0.1, 0.15) is 53.4 Å². The molecule has 0 aliphatic rings. The van der Waals surface area contributed by atoms with Gasteiger partial charge in [-0.2, -0.15) is 0 Å². The van der Waals surface area contributed by atoms with Gasteiger partial charge in [0.25, 0.3) is 5.69 Å². The van der Waals surface area contributed by atoms with Gasteiger partial charge in [-0.25, -0.2) is 4.79 Å². The summed E-state index contributed by atoms with van der Waals surface area (Å²) in [4.78, 5) is 22.0. The maximum atomic E-state index is 11.9. The minimum atomic E-state index is -0.500. The Morgan fingerprint density at radius 1 is 1.03 bits per heavy atom. The lowest BCUT2D eigenvalue weighted by molar-refractivity contribution is -0.384. The van der Waals surface area contributed by atoms with Crippen LogP contribution < -0.4 is 4.74 Å². The fraction of sp³-hybridized carbons (Fsp3) is 0.667. The summed E-state index contributed by atoms with van der Waals surface area (Å²) in [5.41, 5.74) is -0.623. The number of benzene rings is 1. The van der Waals surface area contributed by atoms with Crippen LogP contribution in [0.4, 0.5) is 5.69 Å². The van der Waals surface area contributed by atoms with Gasteiger partial charge in [-0.05, 0) is 45.2 Å². The van der Waals surface area contributed by atoms with Crippen LogP contribution in [-0.4, -0.2) is 49.0 Å². The van der Waals surface area contributed by atoms with Gasteiger partial charge in [-0.15, -0.1) is 0 Å². The Morgan fingerprint density at radius 2 is 1.62 bits per heavy atom. The minimum Gasteiger partial charge on any atom is -0.482 e. The molecule has 8 heteroatoms. The molecule has 0 saturated heterocycles. The molecule has 0 saturated carbocycles. The maximum Gasteiger partial charge on any atom is 0.344 e. The number of nitro benzene ring substituents is 1. The zero-order valence-corrected chi connectivity index (χ0v) is 18.1. The quantitative estimate of drug-likeness (QED) is 0.256. The summed E-state index contributed by atoms with van der Waals surface area (Å²) in [6.45, 7) is 8.72. The molecule has 0 aromatic heterocycles. The number of nitro groups is 1. The highest BCUT2D eigenvalue weighted by molar-refractivity contribution is 5.71. The van der Waals surface area contributed by atoms with E-state index in [9.17, 15) is 14.9 Å². The van der Waals surface area contributed by atoms with E-state index >= 15 is 0 Å². The average molecular weight is 411 g/mol. The molecule has 0 radical (unpaired) electrons. The average Bonchev–Trinajstić information content (AvgIpc) is 2.72. The summed E-state index contributed by atoms with van der Waals surface area (Å²) < 4.78 is 22.1. The fourth-order valence-electron chi connectivity index (χ4n) is 2.52. The van der Waals surface area contributed by atoms with Gasteiger partial charge in [0.15, 0.2) is 6.61 Å². The van der Waals surface area contributed by atoms with Crippen LogP contribution in [0, 0.1) is 10.1 Å². The van der Waals surface area contributed by atoms with E-state index in [4.69, 9.17) is 18.9 Å². The SMILES string of the molecule is CCC(C)(CCOC(C)(CC)CCOC(=O)COc1ccc([N+](=O)[O-])cc1)OC. The van der Waals surface area contributed by atoms with Crippen molar-refractivity contribution >= 4 is 11.7 Å². The Balaban J connectivity index is 2.35. The first-order valence-electron chi connectivity index (χ1n) is 9.89. The van der Waals surface area contributed by atoms with Gasteiger partial charge in [0.05, 0.1) is 29.3 Å². The predicted octanol–water partition coefficient (Wildman–Crippen LogP) is 4.30. The molecule has 1 aromatic rings. The minimum absolute atomic E-state index is 0.0384. The van der Waals surface area contributed by atoms with E-state index in [2.05, 4.69) is 13.8 Å². The number of methoxy groups -OCH3 is 1. The second-order valence-electron chi connectivity index (χ2n) is 7.42. The van der Waals surface area contributed by atoms with Gasteiger partial charge in [-0.3, -0.25) is 10.1 Å². The highest BCUT2D eigenvalue weighted by Gasteiger charge is 2.26. The van der Waals surface area contributed by atoms with Crippen LogP contribution in [0.2, 0.25) is 0 Å². The number of rotatable bonds is 14. The molecule has 0 N–H and O–H groups in total. The van der Waals surface area contributed by atoms with Crippen molar-refractivity contribution in [2.75, 3.05) is 26.9 Å². The molecule has 1 rings (SSSR count). The highest BCUT2D eigenvalue weighted by Crippen LogP contribution is 2.24. The van der Waals surface area contributed by atoms with Gasteiger partial charge < -0.3 is 18.9 Å². The third kappa shape index (κ3) is 8.79. The van der Waals surface area contributed by atoms with Gasteiger partial charge in [-0.1, -0.05) is 13.8 Å². The van der Waals surface area contributed by atoms with E-state index in [0.717, 1.165) is 19.3 Å². The molecule has 2 atom stereocenters. The van der Waals surface area contributed by atoms with Crippen LogP contribution in [-0.2, 0) is 19.0 Å². The molecule has 0 spiro atoms. The molecule has 1 aromatic carbocycles. The van der Waals surface area contributed by atoms with E-state index in [-0.39, 0.29) is 30.1 Å². The Morgan fingerprint density at radius 3 is 2.14 bits per heavy atom. The molecule has 2 unspecified atom stereocenters. The number of hydrogen-bond donors (Lipinski definition) is 0. The van der Waals surface area contributed by atoms with E-state index in [1.807, 2.05) is 13.8 Å². The summed E-state index contributed by atoms with van der Waals surface area (Å²) in [7, 11) is 1.71. The lowest BCUT2D eigenvalue weighted by Gasteiger charge is -2.32. The van der Waals surface area contributed by atoms with Crippen LogP contribution >= 0.6 is 0 Å². The second kappa shape index (κ2) is 11.7. The predicted molar refractivity (Wildman–Crippen MR) is 109 cm³/mol. The summed E-state index contributed by atoms with van der Waals surface area (Å²) in [5, 5.41) is 10.6. The van der Waals surface area contributed by atoms with Crippen molar-refractivity contribution in [1.82, 2.24) is 0 Å². The summed E-state index contributed by atoms with van der Waals surface area (Å²) in [6.07, 6.45) is 3.06. The van der Waals surface area contributed by atoms with Crippen molar-refractivity contribution in [2.24, 2.45) is 0 Å². The van der Waals surface area contributed by atoms with E-state index in [1.165, 1.54) is 24.3 Å². The Bertz CT molecular complexity index is 643. The molecule has 0 fully saturated rings. The zero-order valence-electron chi connectivity index (χ0n) is 18.1. The van der Waals surface area contributed by atoms with Crippen molar-refractivity contribution < 1.29 is 28.7 Å². The van der Waals surface area contributed by atoms with E-state index in [0.29, 0.717) is 18.8 Å². The number of ether oxygens (including phenoxy) is 4. The topological polar surface area (TPSA) is 97.1 Å². The van der Waals surface area contributed by atoms with Crippen molar-refractivity contribution in [3.63, 3.8) is 0 Å². The Labute approximate surface area is 172 Å². The van der Waals surface area contributed by atoms with Gasteiger partial charge in [0.1, 0.15) is 5.75 Å². The number of hydrogen-bond acceptors (Lipinski definition) is 7. The molecule has 0 aliphatic carbocycles. The molecule has 0 bridgehead atoms. The van der Waals surface area contributed by atoms with Gasteiger partial charge in [0.2, 0.25) is 0 Å². The van der Waals surface area contributed by atoms with Crippen molar-refractivity contribution in [3.05, 3.63) is 34.4 Å². The number of carbonyl (C=O) groups is 1. The Hall–Kier alpha value is -2.19. The lowest BCUT2D eigenvalue weighted by atomic mass is 9.97. The molecule has 0 aliphatic heterocycles. The monoisotopic (exact) mass is 411 g/mol. The third-order valence-corrected chi connectivity index (χ3v) is 5.37. The molecule has 8 nitrogen and oxygen atoms in total. The third-order valence-electron chi connectivity index (χ3n) is 5.37. The molecule has 29 heavy (non-hydrogen) atoms. The normalized spacial score (nSPS) is 15.2. The molecule has 0 heterocycles. The zero-order chi connectivity index (χ0) is 21.9. The Kier molecular flexibility index (Phi) is 10.0. The number of esters is 1. The fourth-order valence-corrected chi connectivity index (χ4v) is 2.52. The van der Waals surface area contributed by atoms with Crippen molar-refractivity contribution in [1.29, 1.82) is 0 Å². The lowest BCUT2D eigenvalue weighted by Crippen LogP contribution is -2.34. The van der Waals surface area contributed by atoms with Gasteiger partial charge >= 0.3 is 5.97 Å². The van der Waals surface area contributed by atoms with Crippen LogP contribution in [0.25, 0.3) is 0 Å². The molecular formula is C21H33NO7. The highest BCUT2D eigenvalue weighted by atomic mass is 16.6. The van der Waals surface area contributed by atoms with E-state index in [1.54, 1.807) is 7.11 Å². The van der Waals surface area contributed by atoms with Crippen molar-refractivity contribution in [2.45, 2.75) is 64.6 Å². The summed E-state index contributed by atoms with van der Waals surface area (Å²) in [5.74, 6) is -0.133. The van der Waals surface area contributed by atoms with Crippen molar-refractivity contribution in [3.8, 4) is 5.75 Å². The van der Waals surface area contributed by atoms with Crippen LogP contribution in [0.3, 0.4) is 0 Å². The maximum absolute atomic E-state index is 11.9. The standard InChI is InChI=1S/C21H33NO7/c1-6-20(3,26-5)13-15-29-21(4,7-2)12-14-27-19(23)16-28-18-10-8-17(9-11-18)22(24)25/h8-11H,6-7,12-16H2,1-5H3.